The Kier molecular flexibility index (Phi) is 2.34. The lowest BCUT2D eigenvalue weighted by Gasteiger charge is -2.03. The zero-order valence-corrected chi connectivity index (χ0v) is 9.13. The predicted molar refractivity (Wildman–Crippen MR) is 65.1 cm³/mol. The number of hydrogen-bond donors (Lipinski definition) is 1. The first-order chi connectivity index (χ1) is 8.40. The summed E-state index contributed by atoms with van der Waals surface area (Å²) in [7, 11) is 0. The van der Waals surface area contributed by atoms with Crippen LogP contribution in [0.4, 0.5) is 0 Å². The molecule has 3 rings (SSSR count). The van der Waals surface area contributed by atoms with Gasteiger partial charge in [-0.2, -0.15) is 0 Å². The van der Waals surface area contributed by atoms with Gasteiger partial charge in [0.2, 0.25) is 0 Å². The van der Waals surface area contributed by atoms with Crippen LogP contribution in [-0.2, 0) is 6.54 Å². The number of rotatable bonds is 2. The van der Waals surface area contributed by atoms with E-state index in [0.29, 0.717) is 12.3 Å². The summed E-state index contributed by atoms with van der Waals surface area (Å²) >= 11 is 0. The Morgan fingerprint density at radius 1 is 1.12 bits per heavy atom. The van der Waals surface area contributed by atoms with Crippen molar-refractivity contribution in [1.82, 2.24) is 10.1 Å². The van der Waals surface area contributed by atoms with Gasteiger partial charge < -0.3 is 10.3 Å². The molecule has 0 spiro atoms. The van der Waals surface area contributed by atoms with Crippen molar-refractivity contribution in [3.63, 3.8) is 0 Å². The van der Waals surface area contributed by atoms with Gasteiger partial charge in [0, 0.05) is 18.3 Å². The maximum Gasteiger partial charge on any atom is 0.258 e. The van der Waals surface area contributed by atoms with E-state index >= 15 is 0 Å². The first kappa shape index (κ1) is 9.99. The predicted octanol–water partition coefficient (Wildman–Crippen LogP) is 2.35. The van der Waals surface area contributed by atoms with E-state index < -0.39 is 0 Å². The molecule has 17 heavy (non-hydrogen) atoms. The van der Waals surface area contributed by atoms with E-state index in [1.807, 2.05) is 36.4 Å². The molecule has 0 bridgehead atoms. The third-order valence-corrected chi connectivity index (χ3v) is 2.74. The topological polar surface area (TPSA) is 64.9 Å². The Bertz CT molecular complexity index is 660. The molecular formula is C13H11N3O. The molecule has 0 radical (unpaired) electrons. The van der Waals surface area contributed by atoms with Gasteiger partial charge in [-0.15, -0.1) is 0 Å². The highest BCUT2D eigenvalue weighted by atomic mass is 16.5. The molecule has 0 unspecified atom stereocenters. The third-order valence-electron chi connectivity index (χ3n) is 2.74. The number of nitrogens with zero attached hydrogens (tertiary/aromatic N) is 2. The van der Waals surface area contributed by atoms with Gasteiger partial charge in [-0.1, -0.05) is 29.4 Å². The van der Waals surface area contributed by atoms with E-state index in [1.165, 1.54) is 0 Å². The molecule has 2 N–H and O–H groups in total. The van der Waals surface area contributed by atoms with Gasteiger partial charge in [0.25, 0.3) is 5.71 Å². The smallest absolute Gasteiger partial charge is 0.258 e. The van der Waals surface area contributed by atoms with Crippen molar-refractivity contribution >= 4 is 11.1 Å². The highest BCUT2D eigenvalue weighted by molar-refractivity contribution is 5.90. The average Bonchev–Trinajstić information content (AvgIpc) is 2.82. The lowest BCUT2D eigenvalue weighted by Crippen LogP contribution is -1.98. The summed E-state index contributed by atoms with van der Waals surface area (Å²) in [5.74, 6) is 0. The van der Waals surface area contributed by atoms with Gasteiger partial charge in [0.15, 0.2) is 0 Å². The summed E-state index contributed by atoms with van der Waals surface area (Å²) in [6.07, 6.45) is 1.69. The molecular weight excluding hydrogens is 214 g/mol. The number of hydrogen-bond acceptors (Lipinski definition) is 4. The van der Waals surface area contributed by atoms with Crippen LogP contribution in [0.25, 0.3) is 22.4 Å². The lowest BCUT2D eigenvalue weighted by molar-refractivity contribution is 0.451. The molecule has 1 aromatic carbocycles. The SMILES string of the molecule is NCc1ccccc1-c1noc2ncccc12. The first-order valence-corrected chi connectivity index (χ1v) is 5.39. The van der Waals surface area contributed by atoms with Crippen LogP contribution in [0.3, 0.4) is 0 Å². The minimum absolute atomic E-state index is 0.477. The number of pyridine rings is 1. The van der Waals surface area contributed by atoms with Crippen molar-refractivity contribution in [3.05, 3.63) is 48.2 Å². The van der Waals surface area contributed by atoms with Gasteiger partial charge in [-0.3, -0.25) is 0 Å². The van der Waals surface area contributed by atoms with Crippen molar-refractivity contribution in [2.24, 2.45) is 5.73 Å². The van der Waals surface area contributed by atoms with Gasteiger partial charge >= 0.3 is 0 Å². The summed E-state index contributed by atoms with van der Waals surface area (Å²) < 4.78 is 5.20. The fourth-order valence-electron chi connectivity index (χ4n) is 1.91. The maximum atomic E-state index is 5.73. The van der Waals surface area contributed by atoms with Crippen molar-refractivity contribution in [2.45, 2.75) is 6.54 Å². The van der Waals surface area contributed by atoms with Crippen LogP contribution in [-0.4, -0.2) is 10.1 Å². The summed E-state index contributed by atoms with van der Waals surface area (Å²) in [4.78, 5) is 4.12. The van der Waals surface area contributed by atoms with E-state index in [0.717, 1.165) is 22.2 Å². The highest BCUT2D eigenvalue weighted by Gasteiger charge is 2.12. The van der Waals surface area contributed by atoms with E-state index in [4.69, 9.17) is 10.3 Å². The number of benzene rings is 1. The summed E-state index contributed by atoms with van der Waals surface area (Å²) in [5, 5.41) is 4.99. The highest BCUT2D eigenvalue weighted by Crippen LogP contribution is 2.28. The second-order valence-corrected chi connectivity index (χ2v) is 3.75. The molecule has 3 aromatic rings. The van der Waals surface area contributed by atoms with Crippen LogP contribution < -0.4 is 5.73 Å². The Labute approximate surface area is 98.1 Å². The number of fused-ring (bicyclic) bond motifs is 1. The zero-order valence-electron chi connectivity index (χ0n) is 9.13. The molecule has 0 aliphatic carbocycles. The Hall–Kier alpha value is -2.20. The lowest BCUT2D eigenvalue weighted by atomic mass is 10.0. The van der Waals surface area contributed by atoms with Crippen molar-refractivity contribution in [1.29, 1.82) is 0 Å². The van der Waals surface area contributed by atoms with Crippen molar-refractivity contribution in [3.8, 4) is 11.3 Å². The Morgan fingerprint density at radius 3 is 2.88 bits per heavy atom. The number of aromatic nitrogens is 2. The van der Waals surface area contributed by atoms with E-state index in [2.05, 4.69) is 10.1 Å². The van der Waals surface area contributed by atoms with Crippen LogP contribution in [0.2, 0.25) is 0 Å². The molecule has 0 saturated carbocycles. The molecule has 2 aromatic heterocycles. The van der Waals surface area contributed by atoms with Crippen LogP contribution in [0.15, 0.2) is 47.1 Å². The molecule has 4 nitrogen and oxygen atoms in total. The molecule has 0 atom stereocenters. The van der Waals surface area contributed by atoms with Crippen LogP contribution in [0.1, 0.15) is 5.56 Å². The minimum atomic E-state index is 0.477. The zero-order chi connectivity index (χ0) is 11.7. The molecule has 84 valence electrons. The number of nitrogens with two attached hydrogens (primary N) is 1. The Morgan fingerprint density at radius 2 is 2.00 bits per heavy atom. The quantitative estimate of drug-likeness (QED) is 0.727. The van der Waals surface area contributed by atoms with E-state index in [-0.39, 0.29) is 0 Å². The molecule has 4 heteroatoms. The third kappa shape index (κ3) is 1.59. The second kappa shape index (κ2) is 3.99. The molecule has 0 aliphatic heterocycles. The van der Waals surface area contributed by atoms with Crippen LogP contribution >= 0.6 is 0 Å². The fraction of sp³-hybridized carbons (Fsp3) is 0.0769. The molecule has 0 amide bonds. The van der Waals surface area contributed by atoms with E-state index in [1.54, 1.807) is 6.20 Å². The molecule has 2 heterocycles. The largest absolute Gasteiger partial charge is 0.335 e. The van der Waals surface area contributed by atoms with Gasteiger partial charge in [0.1, 0.15) is 5.69 Å². The maximum absolute atomic E-state index is 5.73. The summed E-state index contributed by atoms with van der Waals surface area (Å²) in [6, 6.07) is 11.7. The average molecular weight is 225 g/mol. The van der Waals surface area contributed by atoms with Gasteiger partial charge in [-0.05, 0) is 17.7 Å². The normalized spacial score (nSPS) is 10.9. The molecule has 0 fully saturated rings. The monoisotopic (exact) mass is 225 g/mol. The van der Waals surface area contributed by atoms with Gasteiger partial charge in [0.05, 0.1) is 5.39 Å². The van der Waals surface area contributed by atoms with Gasteiger partial charge in [-0.25, -0.2) is 4.98 Å². The first-order valence-electron chi connectivity index (χ1n) is 5.39. The molecule has 0 saturated heterocycles. The van der Waals surface area contributed by atoms with Crippen molar-refractivity contribution in [2.75, 3.05) is 0 Å². The molecule has 0 aliphatic rings. The van der Waals surface area contributed by atoms with Crippen molar-refractivity contribution < 1.29 is 4.52 Å². The Balaban J connectivity index is 2.27. The minimum Gasteiger partial charge on any atom is -0.335 e. The van der Waals surface area contributed by atoms with Crippen LogP contribution in [0, 0.1) is 0 Å². The standard InChI is InChI=1S/C13H11N3O/c14-8-9-4-1-2-5-10(9)12-11-6-3-7-15-13(11)17-16-12/h1-7H,8,14H2. The summed E-state index contributed by atoms with van der Waals surface area (Å²) in [5.41, 5.74) is 9.13. The fourth-order valence-corrected chi connectivity index (χ4v) is 1.91. The van der Waals surface area contributed by atoms with Crippen LogP contribution in [0.5, 0.6) is 0 Å². The van der Waals surface area contributed by atoms with E-state index in [9.17, 15) is 0 Å². The summed E-state index contributed by atoms with van der Waals surface area (Å²) in [6.45, 7) is 0.477. The second-order valence-electron chi connectivity index (χ2n) is 3.75.